The predicted molar refractivity (Wildman–Crippen MR) is 79.0 cm³/mol. The minimum absolute atomic E-state index is 0.0137. The molecule has 6 nitrogen and oxygen atoms in total. The Balaban J connectivity index is 2.27. The molecule has 0 aromatic rings. The third-order valence-electron chi connectivity index (χ3n) is 2.83. The van der Waals surface area contributed by atoms with Gasteiger partial charge in [-0.1, -0.05) is 15.9 Å². The van der Waals surface area contributed by atoms with E-state index in [9.17, 15) is 9.59 Å². The summed E-state index contributed by atoms with van der Waals surface area (Å²) in [5.41, 5.74) is 0. The van der Waals surface area contributed by atoms with Gasteiger partial charge in [-0.15, -0.1) is 0 Å². The van der Waals surface area contributed by atoms with Crippen LogP contribution < -0.4 is 0 Å². The van der Waals surface area contributed by atoms with Gasteiger partial charge < -0.3 is 18.9 Å². The molecule has 0 saturated carbocycles. The zero-order chi connectivity index (χ0) is 16.3. The molecule has 2 unspecified atom stereocenters. The summed E-state index contributed by atoms with van der Waals surface area (Å²) < 4.78 is 20.3. The normalized spacial score (nSPS) is 22.7. The van der Waals surface area contributed by atoms with Crippen molar-refractivity contribution in [1.29, 1.82) is 0 Å². The first-order valence-electron chi connectivity index (χ1n) is 6.86. The molecule has 1 rings (SSSR count). The highest BCUT2D eigenvalue weighted by Crippen LogP contribution is 2.22. The first-order chi connectivity index (χ1) is 9.51. The van der Waals surface area contributed by atoms with Crippen molar-refractivity contribution in [2.75, 3.05) is 19.8 Å². The standard InChI is InChI=1S/C14H23BrO6/c1-9(6-19-12(17)13(2,3)15)11(16)18-7-10-8-20-14(4,5)21-10/h9-10H,6-8H2,1-5H3. The highest BCUT2D eigenvalue weighted by molar-refractivity contribution is 9.10. The molecule has 2 atom stereocenters. The SMILES string of the molecule is CC(COC(=O)C(C)(C)Br)C(=O)OCC1COC(C)(C)O1. The Morgan fingerprint density at radius 3 is 2.48 bits per heavy atom. The van der Waals surface area contributed by atoms with Crippen LogP contribution in [0.25, 0.3) is 0 Å². The van der Waals surface area contributed by atoms with E-state index in [4.69, 9.17) is 18.9 Å². The van der Waals surface area contributed by atoms with E-state index in [0.29, 0.717) is 6.61 Å². The van der Waals surface area contributed by atoms with Crippen LogP contribution in [0.1, 0.15) is 34.6 Å². The number of esters is 2. The van der Waals surface area contributed by atoms with Gasteiger partial charge in [-0.2, -0.15) is 0 Å². The van der Waals surface area contributed by atoms with Crippen LogP contribution in [-0.4, -0.2) is 48.0 Å². The number of rotatable bonds is 6. The molecule has 7 heteroatoms. The van der Waals surface area contributed by atoms with E-state index in [1.165, 1.54) is 0 Å². The van der Waals surface area contributed by atoms with Gasteiger partial charge in [0.25, 0.3) is 0 Å². The molecule has 1 heterocycles. The van der Waals surface area contributed by atoms with Gasteiger partial charge >= 0.3 is 11.9 Å². The Kier molecular flexibility index (Phi) is 6.19. The second kappa shape index (κ2) is 7.07. The second-order valence-corrected chi connectivity index (χ2v) is 8.04. The number of halogens is 1. The highest BCUT2D eigenvalue weighted by atomic mass is 79.9. The summed E-state index contributed by atoms with van der Waals surface area (Å²) in [4.78, 5) is 23.4. The van der Waals surface area contributed by atoms with Gasteiger partial charge in [0.15, 0.2) is 5.79 Å². The molecule has 0 bridgehead atoms. The summed E-state index contributed by atoms with van der Waals surface area (Å²) >= 11 is 3.20. The van der Waals surface area contributed by atoms with E-state index >= 15 is 0 Å². The van der Waals surface area contributed by atoms with E-state index in [-0.39, 0.29) is 19.3 Å². The van der Waals surface area contributed by atoms with Crippen LogP contribution in [0.4, 0.5) is 0 Å². The van der Waals surface area contributed by atoms with Gasteiger partial charge in [0.1, 0.15) is 23.6 Å². The average Bonchev–Trinajstić information content (AvgIpc) is 2.71. The van der Waals surface area contributed by atoms with Crippen molar-refractivity contribution in [3.63, 3.8) is 0 Å². The lowest BCUT2D eigenvalue weighted by atomic mass is 10.2. The molecule has 1 aliphatic heterocycles. The van der Waals surface area contributed by atoms with Crippen LogP contribution >= 0.6 is 15.9 Å². The maximum Gasteiger partial charge on any atom is 0.322 e. The fraction of sp³-hybridized carbons (Fsp3) is 0.857. The summed E-state index contributed by atoms with van der Waals surface area (Å²) in [5.74, 6) is -2.02. The smallest absolute Gasteiger partial charge is 0.322 e. The Hall–Kier alpha value is -0.660. The van der Waals surface area contributed by atoms with Gasteiger partial charge in [-0.3, -0.25) is 9.59 Å². The van der Waals surface area contributed by atoms with Crippen molar-refractivity contribution in [1.82, 2.24) is 0 Å². The molecule has 122 valence electrons. The number of alkyl halides is 1. The van der Waals surface area contributed by atoms with Crippen molar-refractivity contribution in [2.24, 2.45) is 5.92 Å². The Labute approximate surface area is 133 Å². The van der Waals surface area contributed by atoms with Crippen molar-refractivity contribution in [2.45, 2.75) is 50.8 Å². The minimum atomic E-state index is -0.767. The second-order valence-electron chi connectivity index (χ2n) is 6.05. The summed E-state index contributed by atoms with van der Waals surface area (Å²) in [6, 6.07) is 0. The number of carbonyl (C=O) groups excluding carboxylic acids is 2. The molecule has 0 amide bonds. The van der Waals surface area contributed by atoms with Crippen molar-refractivity contribution < 1.29 is 28.5 Å². The average molecular weight is 367 g/mol. The molecule has 1 fully saturated rings. The molecule has 1 saturated heterocycles. The maximum atomic E-state index is 11.8. The zero-order valence-corrected chi connectivity index (χ0v) is 14.7. The molecule has 0 aromatic heterocycles. The molecule has 0 N–H and O–H groups in total. The Bertz CT molecular complexity index is 387. The molecule has 0 aliphatic carbocycles. The van der Waals surface area contributed by atoms with Crippen LogP contribution in [-0.2, 0) is 28.5 Å². The first kappa shape index (κ1) is 18.4. The van der Waals surface area contributed by atoms with Crippen LogP contribution in [0, 0.1) is 5.92 Å². The molecular weight excluding hydrogens is 344 g/mol. The van der Waals surface area contributed by atoms with Crippen molar-refractivity contribution in [3.8, 4) is 0 Å². The minimum Gasteiger partial charge on any atom is -0.464 e. The monoisotopic (exact) mass is 366 g/mol. The number of ether oxygens (including phenoxy) is 4. The van der Waals surface area contributed by atoms with Gasteiger partial charge in [-0.05, 0) is 34.6 Å². The predicted octanol–water partition coefficient (Wildman–Crippen LogP) is 2.03. The van der Waals surface area contributed by atoms with E-state index in [1.54, 1.807) is 34.6 Å². The van der Waals surface area contributed by atoms with Crippen molar-refractivity contribution in [3.05, 3.63) is 0 Å². The quantitative estimate of drug-likeness (QED) is 0.529. The van der Waals surface area contributed by atoms with Crippen LogP contribution in [0.5, 0.6) is 0 Å². The number of hydrogen-bond acceptors (Lipinski definition) is 6. The highest BCUT2D eigenvalue weighted by Gasteiger charge is 2.34. The van der Waals surface area contributed by atoms with E-state index in [1.807, 2.05) is 0 Å². The van der Waals surface area contributed by atoms with Crippen molar-refractivity contribution >= 4 is 27.9 Å². The van der Waals surface area contributed by atoms with Gasteiger partial charge in [0.05, 0.1) is 12.5 Å². The fourth-order valence-electron chi connectivity index (χ4n) is 1.60. The molecule has 0 spiro atoms. The van der Waals surface area contributed by atoms with Crippen LogP contribution in [0.15, 0.2) is 0 Å². The third kappa shape index (κ3) is 6.32. The summed E-state index contributed by atoms with van der Waals surface area (Å²) in [6.07, 6.45) is -0.264. The lowest BCUT2D eigenvalue weighted by molar-refractivity contribution is -0.164. The summed E-state index contributed by atoms with van der Waals surface area (Å²) in [7, 11) is 0. The Morgan fingerprint density at radius 1 is 1.38 bits per heavy atom. The summed E-state index contributed by atoms with van der Waals surface area (Å²) in [6.45, 7) is 9.12. The van der Waals surface area contributed by atoms with Crippen LogP contribution in [0.3, 0.4) is 0 Å². The summed E-state index contributed by atoms with van der Waals surface area (Å²) in [5, 5.41) is 0. The lowest BCUT2D eigenvalue weighted by Crippen LogP contribution is -2.31. The number of hydrogen-bond donors (Lipinski definition) is 0. The number of carbonyl (C=O) groups is 2. The molecule has 1 aliphatic rings. The van der Waals surface area contributed by atoms with E-state index in [2.05, 4.69) is 15.9 Å². The Morgan fingerprint density at radius 2 is 2.00 bits per heavy atom. The van der Waals surface area contributed by atoms with E-state index < -0.39 is 28.0 Å². The zero-order valence-electron chi connectivity index (χ0n) is 13.1. The fourth-order valence-corrected chi connectivity index (χ4v) is 1.72. The largest absolute Gasteiger partial charge is 0.464 e. The lowest BCUT2D eigenvalue weighted by Gasteiger charge is -2.19. The van der Waals surface area contributed by atoms with E-state index in [0.717, 1.165) is 0 Å². The van der Waals surface area contributed by atoms with Crippen LogP contribution in [0.2, 0.25) is 0 Å². The molecule has 0 radical (unpaired) electrons. The molecule has 21 heavy (non-hydrogen) atoms. The third-order valence-corrected chi connectivity index (χ3v) is 3.15. The topological polar surface area (TPSA) is 71.1 Å². The van der Waals surface area contributed by atoms with Gasteiger partial charge in [-0.25, -0.2) is 0 Å². The molecular formula is C14H23BrO6. The first-order valence-corrected chi connectivity index (χ1v) is 7.65. The maximum absolute atomic E-state index is 11.8. The van der Waals surface area contributed by atoms with Gasteiger partial charge in [0, 0.05) is 0 Å². The van der Waals surface area contributed by atoms with Gasteiger partial charge in [0.2, 0.25) is 0 Å². The molecule has 0 aromatic carbocycles.